The van der Waals surface area contributed by atoms with Crippen molar-refractivity contribution >= 4 is 52.1 Å². The van der Waals surface area contributed by atoms with Crippen molar-refractivity contribution in [1.29, 1.82) is 0 Å². The fourth-order valence-electron chi connectivity index (χ4n) is 2.38. The first-order valence-corrected chi connectivity index (χ1v) is 10.9. The SMILES string of the molecule is CCNC(=NCC(C)Cc1cccs1)NCCS(=O)c1ccccc1.I. The Kier molecular flexibility index (Phi) is 11.8. The van der Waals surface area contributed by atoms with Gasteiger partial charge in [0.1, 0.15) is 0 Å². The summed E-state index contributed by atoms with van der Waals surface area (Å²) in [5, 5.41) is 8.65. The molecule has 0 aliphatic heterocycles. The molecule has 0 aliphatic carbocycles. The van der Waals surface area contributed by atoms with Crippen LogP contribution in [0.4, 0.5) is 0 Å². The molecule has 2 unspecified atom stereocenters. The highest BCUT2D eigenvalue weighted by molar-refractivity contribution is 14.0. The van der Waals surface area contributed by atoms with Crippen LogP contribution in [0.3, 0.4) is 0 Å². The van der Waals surface area contributed by atoms with Crippen LogP contribution in [-0.4, -0.2) is 35.6 Å². The molecule has 0 bridgehead atoms. The minimum atomic E-state index is -0.982. The number of nitrogens with one attached hydrogen (secondary N) is 2. The molecule has 4 nitrogen and oxygen atoms in total. The topological polar surface area (TPSA) is 53.5 Å². The Morgan fingerprint density at radius 1 is 1.19 bits per heavy atom. The summed E-state index contributed by atoms with van der Waals surface area (Å²) in [6, 6.07) is 13.8. The smallest absolute Gasteiger partial charge is 0.191 e. The van der Waals surface area contributed by atoms with Gasteiger partial charge in [-0.2, -0.15) is 0 Å². The fraction of sp³-hybridized carbons (Fsp3) is 0.421. The van der Waals surface area contributed by atoms with Crippen molar-refractivity contribution in [3.8, 4) is 0 Å². The van der Waals surface area contributed by atoms with Crippen LogP contribution < -0.4 is 10.6 Å². The molecule has 7 heteroatoms. The van der Waals surface area contributed by atoms with Crippen molar-refractivity contribution in [2.24, 2.45) is 10.9 Å². The summed E-state index contributed by atoms with van der Waals surface area (Å²) in [6.07, 6.45) is 1.05. The molecule has 26 heavy (non-hydrogen) atoms. The first-order valence-electron chi connectivity index (χ1n) is 8.67. The van der Waals surface area contributed by atoms with Crippen LogP contribution in [0.15, 0.2) is 57.7 Å². The van der Waals surface area contributed by atoms with E-state index in [4.69, 9.17) is 0 Å². The van der Waals surface area contributed by atoms with Crippen molar-refractivity contribution in [2.75, 3.05) is 25.4 Å². The summed E-state index contributed by atoms with van der Waals surface area (Å²) >= 11 is 1.80. The van der Waals surface area contributed by atoms with Gasteiger partial charge in [-0.1, -0.05) is 31.2 Å². The number of guanidine groups is 1. The van der Waals surface area contributed by atoms with Crippen LogP contribution >= 0.6 is 35.3 Å². The molecule has 0 amide bonds. The Hall–Kier alpha value is -0.930. The molecule has 0 saturated carbocycles. The molecule has 0 fully saturated rings. The van der Waals surface area contributed by atoms with Crippen LogP contribution in [0.2, 0.25) is 0 Å². The highest BCUT2D eigenvalue weighted by Gasteiger charge is 2.06. The number of benzene rings is 1. The normalized spacial score (nSPS) is 13.5. The van der Waals surface area contributed by atoms with E-state index in [1.807, 2.05) is 37.3 Å². The molecular formula is C19H28IN3OS2. The summed E-state index contributed by atoms with van der Waals surface area (Å²) in [5.74, 6) is 1.86. The first-order chi connectivity index (χ1) is 12.2. The third-order valence-electron chi connectivity index (χ3n) is 3.62. The average molecular weight is 505 g/mol. The second-order valence-corrected chi connectivity index (χ2v) is 8.50. The van der Waals surface area contributed by atoms with Gasteiger partial charge in [-0.25, -0.2) is 0 Å². The molecule has 2 atom stereocenters. The second-order valence-electron chi connectivity index (χ2n) is 5.90. The van der Waals surface area contributed by atoms with Crippen LogP contribution in [0.1, 0.15) is 18.7 Å². The zero-order chi connectivity index (χ0) is 17.9. The maximum absolute atomic E-state index is 12.2. The molecule has 144 valence electrons. The van der Waals surface area contributed by atoms with Crippen molar-refractivity contribution < 1.29 is 4.21 Å². The highest BCUT2D eigenvalue weighted by Crippen LogP contribution is 2.14. The van der Waals surface area contributed by atoms with Crippen molar-refractivity contribution in [1.82, 2.24) is 10.6 Å². The lowest BCUT2D eigenvalue weighted by molar-refractivity contribution is 0.595. The van der Waals surface area contributed by atoms with E-state index < -0.39 is 10.8 Å². The average Bonchev–Trinajstić information content (AvgIpc) is 3.13. The van der Waals surface area contributed by atoms with Gasteiger partial charge in [0.15, 0.2) is 5.96 Å². The first kappa shape index (κ1) is 23.1. The van der Waals surface area contributed by atoms with Crippen LogP contribution in [0, 0.1) is 5.92 Å². The maximum atomic E-state index is 12.2. The minimum Gasteiger partial charge on any atom is -0.357 e. The van der Waals surface area contributed by atoms with Crippen LogP contribution in [-0.2, 0) is 17.2 Å². The lowest BCUT2D eigenvalue weighted by Crippen LogP contribution is -2.39. The van der Waals surface area contributed by atoms with Crippen molar-refractivity contribution in [2.45, 2.75) is 25.2 Å². The standard InChI is InChI=1S/C19H27N3OS2.HI/c1-3-20-19(22-15-16(2)14-17-8-7-12-24-17)21-11-13-25(23)18-9-5-4-6-10-18;/h4-10,12,16H,3,11,13-15H2,1-2H3,(H2,20,21,22);1H. The van der Waals surface area contributed by atoms with E-state index in [9.17, 15) is 4.21 Å². The van der Waals surface area contributed by atoms with E-state index in [1.165, 1.54) is 4.88 Å². The number of hydrogen-bond donors (Lipinski definition) is 2. The van der Waals surface area contributed by atoms with Crippen LogP contribution in [0.25, 0.3) is 0 Å². The largest absolute Gasteiger partial charge is 0.357 e. The number of rotatable bonds is 9. The maximum Gasteiger partial charge on any atom is 0.191 e. The fourth-order valence-corrected chi connectivity index (χ4v) is 4.23. The van der Waals surface area contributed by atoms with E-state index in [1.54, 1.807) is 11.3 Å². The van der Waals surface area contributed by atoms with Gasteiger partial charge in [0.2, 0.25) is 0 Å². The van der Waals surface area contributed by atoms with Gasteiger partial charge in [0, 0.05) is 35.2 Å². The molecule has 0 aliphatic rings. The Morgan fingerprint density at radius 3 is 2.62 bits per heavy atom. The monoisotopic (exact) mass is 505 g/mol. The number of thiophene rings is 1. The predicted molar refractivity (Wildman–Crippen MR) is 124 cm³/mol. The minimum absolute atomic E-state index is 0. The van der Waals surface area contributed by atoms with Crippen LogP contribution in [0.5, 0.6) is 0 Å². The Labute approximate surface area is 180 Å². The lowest BCUT2D eigenvalue weighted by Gasteiger charge is -2.13. The number of hydrogen-bond acceptors (Lipinski definition) is 3. The van der Waals surface area contributed by atoms with Gasteiger partial charge < -0.3 is 10.6 Å². The van der Waals surface area contributed by atoms with E-state index in [0.717, 1.165) is 30.4 Å². The Bertz CT molecular complexity index is 663. The zero-order valence-electron chi connectivity index (χ0n) is 15.3. The Balaban J connectivity index is 0.00000338. The second kappa shape index (κ2) is 13.3. The van der Waals surface area contributed by atoms with E-state index in [0.29, 0.717) is 18.2 Å². The van der Waals surface area contributed by atoms with E-state index >= 15 is 0 Å². The molecule has 1 aromatic heterocycles. The van der Waals surface area contributed by atoms with Gasteiger partial charge in [-0.3, -0.25) is 9.20 Å². The molecule has 1 aromatic carbocycles. The molecule has 0 spiro atoms. The number of aliphatic imine (C=N–C) groups is 1. The van der Waals surface area contributed by atoms with Crippen molar-refractivity contribution in [3.05, 3.63) is 52.7 Å². The molecule has 2 rings (SSSR count). The van der Waals surface area contributed by atoms with E-state index in [2.05, 4.69) is 40.1 Å². The van der Waals surface area contributed by atoms with Crippen molar-refractivity contribution in [3.63, 3.8) is 0 Å². The Morgan fingerprint density at radius 2 is 1.96 bits per heavy atom. The van der Waals surface area contributed by atoms with Gasteiger partial charge in [-0.05, 0) is 42.8 Å². The highest BCUT2D eigenvalue weighted by atomic mass is 127. The summed E-state index contributed by atoms with van der Waals surface area (Å²) in [5.41, 5.74) is 0. The summed E-state index contributed by atoms with van der Waals surface area (Å²) in [6.45, 7) is 6.49. The zero-order valence-corrected chi connectivity index (χ0v) is 19.3. The molecule has 2 N–H and O–H groups in total. The van der Waals surface area contributed by atoms with E-state index in [-0.39, 0.29) is 24.0 Å². The molecular weight excluding hydrogens is 477 g/mol. The molecule has 0 radical (unpaired) electrons. The third kappa shape index (κ3) is 8.64. The summed E-state index contributed by atoms with van der Waals surface area (Å²) in [4.78, 5) is 6.94. The number of halogens is 1. The molecule has 0 saturated heterocycles. The summed E-state index contributed by atoms with van der Waals surface area (Å²) in [7, 11) is -0.982. The van der Waals surface area contributed by atoms with Gasteiger partial charge >= 0.3 is 0 Å². The lowest BCUT2D eigenvalue weighted by atomic mass is 10.1. The molecule has 1 heterocycles. The predicted octanol–water partition coefficient (Wildman–Crippen LogP) is 3.91. The van der Waals surface area contributed by atoms with Gasteiger partial charge in [-0.15, -0.1) is 35.3 Å². The van der Waals surface area contributed by atoms with Gasteiger partial charge in [0.25, 0.3) is 0 Å². The van der Waals surface area contributed by atoms with Gasteiger partial charge in [0.05, 0.1) is 10.8 Å². The number of nitrogens with zero attached hydrogens (tertiary/aromatic N) is 1. The quantitative estimate of drug-likeness (QED) is 0.309. The molecule has 2 aromatic rings. The summed E-state index contributed by atoms with van der Waals surface area (Å²) < 4.78 is 12.2. The third-order valence-corrected chi connectivity index (χ3v) is 5.89.